The van der Waals surface area contributed by atoms with E-state index in [1.807, 2.05) is 18.2 Å². The van der Waals surface area contributed by atoms with Crippen molar-refractivity contribution in [2.45, 2.75) is 13.0 Å². The Morgan fingerprint density at radius 1 is 1.26 bits per heavy atom. The summed E-state index contributed by atoms with van der Waals surface area (Å²) in [6, 6.07) is 10.1. The average Bonchev–Trinajstić information content (AvgIpc) is 2.89. The standard InChI is InChI=1S/C15H13Cl2NS/c16-9-14-12-6-8-19-15(12)5-7-18(14)10-11-3-1-2-4-13(11)17/h1-4,6,8-9H,5,7,10H2/b14-9-. The molecule has 0 bridgehead atoms. The molecule has 4 heteroatoms. The Hall–Kier alpha value is -0.960. The minimum atomic E-state index is 0.799. The fourth-order valence-electron chi connectivity index (χ4n) is 2.41. The third-order valence-corrected chi connectivity index (χ3v) is 4.95. The van der Waals surface area contributed by atoms with Crippen LogP contribution >= 0.6 is 34.5 Å². The molecular weight excluding hydrogens is 297 g/mol. The largest absolute Gasteiger partial charge is 0.366 e. The first kappa shape index (κ1) is 13.0. The molecule has 0 atom stereocenters. The molecule has 1 aliphatic heterocycles. The first-order chi connectivity index (χ1) is 9.29. The van der Waals surface area contributed by atoms with E-state index in [0.717, 1.165) is 35.8 Å². The molecule has 0 aliphatic carbocycles. The molecule has 0 saturated carbocycles. The molecule has 0 fully saturated rings. The molecule has 3 rings (SSSR count). The third-order valence-electron chi connectivity index (χ3n) is 3.39. The molecule has 1 aromatic carbocycles. The Kier molecular flexibility index (Phi) is 3.83. The minimum Gasteiger partial charge on any atom is -0.366 e. The summed E-state index contributed by atoms with van der Waals surface area (Å²) in [6.45, 7) is 1.78. The molecule has 2 heterocycles. The van der Waals surface area contributed by atoms with Crippen molar-refractivity contribution in [1.82, 2.24) is 4.90 Å². The predicted octanol–water partition coefficient (Wildman–Crippen LogP) is 5.00. The summed E-state index contributed by atoms with van der Waals surface area (Å²) in [5.41, 5.74) is 5.18. The van der Waals surface area contributed by atoms with Crippen LogP contribution in [-0.4, -0.2) is 11.4 Å². The number of rotatable bonds is 2. The summed E-state index contributed by atoms with van der Waals surface area (Å²) >= 11 is 14.1. The van der Waals surface area contributed by atoms with Gasteiger partial charge in [-0.15, -0.1) is 11.3 Å². The number of hydrogen-bond donors (Lipinski definition) is 0. The molecule has 0 N–H and O–H groups in total. The lowest BCUT2D eigenvalue weighted by atomic mass is 10.1. The zero-order valence-electron chi connectivity index (χ0n) is 10.3. The van der Waals surface area contributed by atoms with Gasteiger partial charge in [-0.05, 0) is 29.5 Å². The Bertz CT molecular complexity index is 618. The van der Waals surface area contributed by atoms with Crippen molar-refractivity contribution in [3.63, 3.8) is 0 Å². The van der Waals surface area contributed by atoms with E-state index in [9.17, 15) is 0 Å². The van der Waals surface area contributed by atoms with E-state index < -0.39 is 0 Å². The maximum Gasteiger partial charge on any atom is 0.0569 e. The van der Waals surface area contributed by atoms with Crippen LogP contribution in [0.15, 0.2) is 41.2 Å². The number of thiophene rings is 1. The molecule has 98 valence electrons. The Morgan fingerprint density at radius 2 is 2.11 bits per heavy atom. The Labute approximate surface area is 127 Å². The third kappa shape index (κ3) is 2.53. The molecule has 2 aromatic rings. The van der Waals surface area contributed by atoms with Crippen molar-refractivity contribution in [3.8, 4) is 0 Å². The smallest absolute Gasteiger partial charge is 0.0569 e. The molecule has 0 spiro atoms. The molecule has 1 aliphatic rings. The highest BCUT2D eigenvalue weighted by Crippen LogP contribution is 2.34. The second-order valence-electron chi connectivity index (χ2n) is 4.51. The molecule has 0 saturated heterocycles. The number of fused-ring (bicyclic) bond motifs is 1. The van der Waals surface area contributed by atoms with Gasteiger partial charge >= 0.3 is 0 Å². The van der Waals surface area contributed by atoms with Gasteiger partial charge in [0, 0.05) is 34.1 Å². The van der Waals surface area contributed by atoms with Crippen molar-refractivity contribution < 1.29 is 0 Å². The SMILES string of the molecule is Cl/C=C1/c2ccsc2CCN1Cc1ccccc1Cl. The van der Waals surface area contributed by atoms with Gasteiger partial charge in [0.05, 0.1) is 5.70 Å². The number of hydrogen-bond acceptors (Lipinski definition) is 2. The van der Waals surface area contributed by atoms with Crippen molar-refractivity contribution in [1.29, 1.82) is 0 Å². The lowest BCUT2D eigenvalue weighted by Crippen LogP contribution is -2.28. The second kappa shape index (κ2) is 5.58. The van der Waals surface area contributed by atoms with Crippen molar-refractivity contribution in [2.75, 3.05) is 6.54 Å². The summed E-state index contributed by atoms with van der Waals surface area (Å²) in [5.74, 6) is 0. The summed E-state index contributed by atoms with van der Waals surface area (Å²) in [4.78, 5) is 3.71. The summed E-state index contributed by atoms with van der Waals surface area (Å²) < 4.78 is 0. The quantitative estimate of drug-likeness (QED) is 0.755. The molecule has 0 radical (unpaired) electrons. The van der Waals surface area contributed by atoms with E-state index in [2.05, 4.69) is 22.4 Å². The van der Waals surface area contributed by atoms with Crippen LogP contribution in [0.2, 0.25) is 5.02 Å². The van der Waals surface area contributed by atoms with Gasteiger partial charge in [0.1, 0.15) is 0 Å². The van der Waals surface area contributed by atoms with Crippen molar-refractivity contribution >= 4 is 40.2 Å². The predicted molar refractivity (Wildman–Crippen MR) is 83.7 cm³/mol. The maximum absolute atomic E-state index is 6.24. The second-order valence-corrected chi connectivity index (χ2v) is 6.14. The van der Waals surface area contributed by atoms with Gasteiger partial charge in [0.2, 0.25) is 0 Å². The maximum atomic E-state index is 6.24. The lowest BCUT2D eigenvalue weighted by Gasteiger charge is -2.31. The zero-order chi connectivity index (χ0) is 13.2. The number of halogens is 2. The van der Waals surface area contributed by atoms with E-state index in [1.165, 1.54) is 10.4 Å². The topological polar surface area (TPSA) is 3.24 Å². The fourth-order valence-corrected chi connectivity index (χ4v) is 3.74. The van der Waals surface area contributed by atoms with Gasteiger partial charge in [-0.3, -0.25) is 0 Å². The summed E-state index contributed by atoms with van der Waals surface area (Å²) in [6.07, 6.45) is 1.08. The highest BCUT2D eigenvalue weighted by molar-refractivity contribution is 7.10. The van der Waals surface area contributed by atoms with Crippen LogP contribution in [0.5, 0.6) is 0 Å². The van der Waals surface area contributed by atoms with Gasteiger partial charge in [0.25, 0.3) is 0 Å². The normalized spacial score (nSPS) is 16.7. The molecule has 0 amide bonds. The highest BCUT2D eigenvalue weighted by atomic mass is 35.5. The van der Waals surface area contributed by atoms with Gasteiger partial charge in [-0.2, -0.15) is 0 Å². The minimum absolute atomic E-state index is 0.799. The van der Waals surface area contributed by atoms with Crippen molar-refractivity contribution in [3.05, 3.63) is 62.3 Å². The van der Waals surface area contributed by atoms with Gasteiger partial charge < -0.3 is 4.90 Å². The van der Waals surface area contributed by atoms with E-state index in [1.54, 1.807) is 16.9 Å². The van der Waals surface area contributed by atoms with E-state index in [-0.39, 0.29) is 0 Å². The Balaban J connectivity index is 1.89. The Morgan fingerprint density at radius 3 is 2.89 bits per heavy atom. The van der Waals surface area contributed by atoms with Gasteiger partial charge in [-0.1, -0.05) is 41.4 Å². The lowest BCUT2D eigenvalue weighted by molar-refractivity contribution is 0.386. The first-order valence-electron chi connectivity index (χ1n) is 6.15. The molecule has 0 unspecified atom stereocenters. The fraction of sp³-hybridized carbons (Fsp3) is 0.200. The van der Waals surface area contributed by atoms with E-state index in [0.29, 0.717) is 0 Å². The van der Waals surface area contributed by atoms with Crippen molar-refractivity contribution in [2.24, 2.45) is 0 Å². The average molecular weight is 310 g/mol. The molecule has 1 aromatic heterocycles. The molecular formula is C15H13Cl2NS. The van der Waals surface area contributed by atoms with Crippen LogP contribution in [0, 0.1) is 0 Å². The van der Waals surface area contributed by atoms with Gasteiger partial charge in [-0.25, -0.2) is 0 Å². The monoisotopic (exact) mass is 309 g/mol. The van der Waals surface area contributed by atoms with Crippen LogP contribution in [0.3, 0.4) is 0 Å². The van der Waals surface area contributed by atoms with Crippen LogP contribution in [0.1, 0.15) is 16.0 Å². The van der Waals surface area contributed by atoms with Crippen LogP contribution < -0.4 is 0 Å². The van der Waals surface area contributed by atoms with Gasteiger partial charge in [0.15, 0.2) is 0 Å². The van der Waals surface area contributed by atoms with E-state index >= 15 is 0 Å². The highest BCUT2D eigenvalue weighted by Gasteiger charge is 2.22. The molecule has 19 heavy (non-hydrogen) atoms. The summed E-state index contributed by atoms with van der Waals surface area (Å²) in [5, 5.41) is 2.94. The van der Waals surface area contributed by atoms with E-state index in [4.69, 9.17) is 23.2 Å². The van der Waals surface area contributed by atoms with Crippen LogP contribution in [-0.2, 0) is 13.0 Å². The van der Waals surface area contributed by atoms with Crippen LogP contribution in [0.4, 0.5) is 0 Å². The first-order valence-corrected chi connectivity index (χ1v) is 7.84. The van der Waals surface area contributed by atoms with Crippen LogP contribution in [0.25, 0.3) is 5.70 Å². The summed E-state index contributed by atoms with van der Waals surface area (Å²) in [7, 11) is 0. The zero-order valence-corrected chi connectivity index (χ0v) is 12.6. The number of benzene rings is 1. The molecule has 1 nitrogen and oxygen atoms in total. The number of nitrogens with zero attached hydrogens (tertiary/aromatic N) is 1.